The van der Waals surface area contributed by atoms with Gasteiger partial charge in [0.2, 0.25) is 0 Å². The molecule has 34 heavy (non-hydrogen) atoms. The van der Waals surface area contributed by atoms with Gasteiger partial charge >= 0.3 is 0 Å². The molecule has 178 valence electrons. The third-order valence-corrected chi connectivity index (χ3v) is 4.55. The SMILES string of the molecule is [2H]C([2H])(Oc1cccc2ccccc12)C1([2H])OC1([2H])[2H].[2H]C([2H])([2H])C(NC([2H])([2H])C([2H])(O)C([2H])([2H])Oc1cccc2ccccc12)C([2H])([2H])[2H]. The summed E-state index contributed by atoms with van der Waals surface area (Å²) in [4.78, 5) is 0. The molecule has 4 aromatic carbocycles. The molecule has 2 unspecified atom stereocenters. The zero-order valence-electron chi connectivity index (χ0n) is 33.8. The smallest absolute Gasteiger partial charge is 0.127 e. The van der Waals surface area contributed by atoms with Crippen LogP contribution < -0.4 is 14.8 Å². The number of benzene rings is 4. The van der Waals surface area contributed by atoms with E-state index in [0.29, 0.717) is 16.2 Å². The number of rotatable bonds is 9. The van der Waals surface area contributed by atoms with Gasteiger partial charge in [-0.3, -0.25) is 0 Å². The van der Waals surface area contributed by atoms with E-state index in [4.69, 9.17) is 31.4 Å². The van der Waals surface area contributed by atoms with Crippen LogP contribution in [0.3, 0.4) is 0 Å². The van der Waals surface area contributed by atoms with Crippen molar-refractivity contribution in [2.75, 3.05) is 26.2 Å². The average Bonchev–Trinajstić information content (AvgIpc) is 3.54. The lowest BCUT2D eigenvalue weighted by molar-refractivity contribution is 0.105. The summed E-state index contributed by atoms with van der Waals surface area (Å²) in [6.07, 6.45) is -6.09. The molecule has 1 saturated heterocycles. The monoisotopic (exact) mass is 475 g/mol. The van der Waals surface area contributed by atoms with Crippen molar-refractivity contribution in [2.24, 2.45) is 0 Å². The first-order chi connectivity index (χ1) is 22.7. The van der Waals surface area contributed by atoms with Gasteiger partial charge < -0.3 is 24.6 Å². The van der Waals surface area contributed by atoms with E-state index in [-0.39, 0.29) is 11.5 Å². The first-order valence-electron chi connectivity index (χ1n) is 18.2. The van der Waals surface area contributed by atoms with Gasteiger partial charge in [0.25, 0.3) is 0 Å². The molecule has 4 aromatic rings. The van der Waals surface area contributed by atoms with Gasteiger partial charge in [0, 0.05) is 34.3 Å². The maximum Gasteiger partial charge on any atom is 0.127 e. The van der Waals surface area contributed by atoms with E-state index in [1.54, 1.807) is 59.9 Å². The van der Waals surface area contributed by atoms with Crippen LogP contribution in [0.4, 0.5) is 0 Å². The van der Waals surface area contributed by atoms with Crippen LogP contribution in [0.2, 0.25) is 0 Å². The van der Waals surface area contributed by atoms with Gasteiger partial charge in [-0.2, -0.15) is 0 Å². The first kappa shape index (κ1) is 11.1. The normalized spacial score (nSPS) is 29.1. The van der Waals surface area contributed by atoms with Gasteiger partial charge in [0.15, 0.2) is 0 Å². The largest absolute Gasteiger partial charge is 0.490 e. The number of epoxide rings is 1. The molecule has 1 aliphatic heterocycles. The van der Waals surface area contributed by atoms with E-state index in [9.17, 15) is 5.11 Å². The lowest BCUT2D eigenvalue weighted by Crippen LogP contribution is -2.35. The fourth-order valence-corrected chi connectivity index (χ4v) is 3.01. The molecule has 2 N–H and O–H groups in total. The molecule has 5 nitrogen and oxygen atoms in total. The number of aliphatic hydroxyl groups is 1. The van der Waals surface area contributed by atoms with E-state index < -0.39 is 58.1 Å². The Kier molecular flexibility index (Phi) is 3.86. The van der Waals surface area contributed by atoms with Crippen LogP contribution in [0.25, 0.3) is 21.5 Å². The summed E-state index contributed by atoms with van der Waals surface area (Å²) in [5.41, 5.74) is 0. The summed E-state index contributed by atoms with van der Waals surface area (Å²) in [6, 6.07) is 21.3. The summed E-state index contributed by atoms with van der Waals surface area (Å²) in [7, 11) is 0. The third-order valence-electron chi connectivity index (χ3n) is 4.55. The fraction of sp³-hybridized carbons (Fsp3) is 0.310. The average molecular weight is 476 g/mol. The predicted octanol–water partition coefficient (Wildman–Crippen LogP) is 5.19. The molecule has 0 aromatic heterocycles. The second-order valence-corrected chi connectivity index (χ2v) is 6.95. The standard InChI is InChI=1S/C16H21NO2.C13H12O2/c1-12(2)17-10-14(18)11-19-16-9-5-7-13-6-3-4-8-15(13)16;1-2-6-12-10(4-1)5-3-7-13(12)15-9-11-8-14-11/h3-9,12,14,17-18H,10-11H2,1-2H3;1-7,11H,8-9H2/i1D3,2D3,10D2,11D2,14D;8D2,9D2,11D. The van der Waals surface area contributed by atoms with Crippen LogP contribution in [-0.4, -0.2) is 49.5 Å². The van der Waals surface area contributed by atoms with E-state index in [1.807, 2.05) is 18.2 Å². The Morgan fingerprint density at radius 1 is 1.00 bits per heavy atom. The lowest BCUT2D eigenvalue weighted by Gasteiger charge is -2.15. The number of hydrogen-bond acceptors (Lipinski definition) is 5. The molecule has 0 radical (unpaired) electrons. The minimum atomic E-state index is -3.74. The van der Waals surface area contributed by atoms with Crippen LogP contribution in [0.1, 0.15) is 35.6 Å². The van der Waals surface area contributed by atoms with Crippen molar-refractivity contribution in [3.63, 3.8) is 0 Å². The highest BCUT2D eigenvalue weighted by atomic mass is 16.6. The van der Waals surface area contributed by atoms with E-state index in [2.05, 4.69) is 4.74 Å². The predicted molar refractivity (Wildman–Crippen MR) is 138 cm³/mol. The van der Waals surface area contributed by atoms with Gasteiger partial charge in [-0.05, 0) is 22.9 Å². The number of nitrogens with one attached hydrogen (secondary N) is 1. The summed E-state index contributed by atoms with van der Waals surface area (Å²) in [6.45, 7) is -18.3. The van der Waals surface area contributed by atoms with Crippen LogP contribution in [0.5, 0.6) is 11.5 Å². The zero-order valence-corrected chi connectivity index (χ0v) is 17.8. The molecule has 5 rings (SSSR count). The maximum absolute atomic E-state index is 10.4. The van der Waals surface area contributed by atoms with Crippen molar-refractivity contribution in [3.8, 4) is 11.5 Å². The minimum absolute atomic E-state index is 0.0947. The Labute approximate surface area is 223 Å². The van der Waals surface area contributed by atoms with E-state index in [1.165, 1.54) is 12.1 Å². The Hall–Kier alpha value is -3.12. The van der Waals surface area contributed by atoms with Crippen LogP contribution >= 0.6 is 0 Å². The first-order valence-corrected chi connectivity index (χ1v) is 10.2. The number of ether oxygens (including phenoxy) is 3. The molecular weight excluding hydrogens is 426 g/mol. The number of fused-ring (bicyclic) bond motifs is 2. The van der Waals surface area contributed by atoms with Gasteiger partial charge in [-0.15, -0.1) is 0 Å². The summed E-state index contributed by atoms with van der Waals surface area (Å²) < 4.78 is 137. The van der Waals surface area contributed by atoms with Gasteiger partial charge in [0.05, 0.1) is 17.5 Å². The second kappa shape index (κ2) is 11.8. The van der Waals surface area contributed by atoms with E-state index >= 15 is 0 Å². The highest BCUT2D eigenvalue weighted by Gasteiger charge is 2.23. The maximum atomic E-state index is 10.4. The van der Waals surface area contributed by atoms with Crippen molar-refractivity contribution in [1.82, 2.24) is 5.32 Å². The van der Waals surface area contributed by atoms with E-state index in [0.717, 1.165) is 5.39 Å². The molecule has 1 aliphatic rings. The van der Waals surface area contributed by atoms with Crippen molar-refractivity contribution in [2.45, 2.75) is 31.9 Å². The number of hydrogen-bond donors (Lipinski definition) is 2. The minimum Gasteiger partial charge on any atom is -0.490 e. The van der Waals surface area contributed by atoms with Crippen LogP contribution in [0, 0.1) is 0 Å². The third kappa shape index (κ3) is 6.94. The molecule has 5 heteroatoms. The Balaban J connectivity index is 0.000000242. The zero-order chi connectivity index (χ0) is 37.8. The molecular formula is C29H33NO4. The highest BCUT2D eigenvalue weighted by Crippen LogP contribution is 2.26. The molecule has 1 fully saturated rings. The van der Waals surface area contributed by atoms with Crippen molar-refractivity contribution >= 4 is 21.5 Å². The Morgan fingerprint density at radius 3 is 2.15 bits per heavy atom. The summed E-state index contributed by atoms with van der Waals surface area (Å²) in [5, 5.41) is 14.7. The Morgan fingerprint density at radius 2 is 1.56 bits per heavy atom. The second-order valence-electron chi connectivity index (χ2n) is 6.95. The highest BCUT2D eigenvalue weighted by molar-refractivity contribution is 5.88. The molecule has 0 bridgehead atoms. The van der Waals surface area contributed by atoms with Crippen molar-refractivity contribution in [3.05, 3.63) is 84.9 Å². The van der Waals surface area contributed by atoms with Crippen molar-refractivity contribution in [1.29, 1.82) is 0 Å². The van der Waals surface area contributed by atoms with Crippen LogP contribution in [0.15, 0.2) is 84.9 Å². The topological polar surface area (TPSA) is 63.2 Å². The summed E-state index contributed by atoms with van der Waals surface area (Å²) >= 11 is 0. The lowest BCUT2D eigenvalue weighted by atomic mass is 10.1. The summed E-state index contributed by atoms with van der Waals surface area (Å²) in [5.74, 6) is 0.161. The molecule has 0 amide bonds. The van der Waals surface area contributed by atoms with Crippen molar-refractivity contribution < 1.29 is 41.2 Å². The van der Waals surface area contributed by atoms with Crippen LogP contribution in [-0.2, 0) is 4.74 Å². The molecule has 0 saturated carbocycles. The molecule has 0 spiro atoms. The van der Waals surface area contributed by atoms with Gasteiger partial charge in [-0.1, -0.05) is 86.5 Å². The van der Waals surface area contributed by atoms with Gasteiger partial charge in [-0.25, -0.2) is 0 Å². The fourth-order valence-electron chi connectivity index (χ4n) is 3.01. The Bertz CT molecular complexity index is 1800. The molecule has 0 aliphatic carbocycles. The molecule has 2 atom stereocenters. The molecule has 1 heterocycles. The quantitative estimate of drug-likeness (QED) is 0.326. The van der Waals surface area contributed by atoms with Gasteiger partial charge in [0.1, 0.15) is 36.8 Å².